The summed E-state index contributed by atoms with van der Waals surface area (Å²) in [5.41, 5.74) is 0.201. The average Bonchev–Trinajstić information content (AvgIpc) is 2.47. The minimum absolute atomic E-state index is 0.308. The predicted molar refractivity (Wildman–Crippen MR) is 76.2 cm³/mol. The summed E-state index contributed by atoms with van der Waals surface area (Å²) in [6, 6.07) is 9.93. The summed E-state index contributed by atoms with van der Waals surface area (Å²) >= 11 is 0. The fourth-order valence-corrected chi connectivity index (χ4v) is 2.85. The summed E-state index contributed by atoms with van der Waals surface area (Å²) in [5.74, 6) is -0.704. The molecule has 2 rings (SSSR count). The number of hydrogen-bond donors (Lipinski definition) is 1. The van der Waals surface area contributed by atoms with Gasteiger partial charge >= 0.3 is 5.97 Å². The molecule has 1 saturated heterocycles. The van der Waals surface area contributed by atoms with E-state index in [4.69, 9.17) is 0 Å². The van der Waals surface area contributed by atoms with Gasteiger partial charge in [-0.3, -0.25) is 9.69 Å². The van der Waals surface area contributed by atoms with E-state index < -0.39 is 11.4 Å². The Labute approximate surface area is 114 Å². The second-order valence-electron chi connectivity index (χ2n) is 5.27. The molecular weight excluding hydrogens is 238 g/mol. The molecule has 0 bridgehead atoms. The first-order valence-electron chi connectivity index (χ1n) is 6.76. The highest BCUT2D eigenvalue weighted by molar-refractivity contribution is 5.81. The Balaban J connectivity index is 2.21. The van der Waals surface area contributed by atoms with Gasteiger partial charge in [-0.2, -0.15) is 0 Å². The van der Waals surface area contributed by atoms with Gasteiger partial charge in [-0.25, -0.2) is 0 Å². The highest BCUT2D eigenvalue weighted by Crippen LogP contribution is 2.36. The van der Waals surface area contributed by atoms with Crippen molar-refractivity contribution in [3.63, 3.8) is 0 Å². The molecule has 0 saturated carbocycles. The third kappa shape index (κ3) is 2.56. The van der Waals surface area contributed by atoms with Crippen molar-refractivity contribution in [3.05, 3.63) is 48.6 Å². The number of carboxylic acids is 1. The van der Waals surface area contributed by atoms with Gasteiger partial charge in [0.2, 0.25) is 0 Å². The topological polar surface area (TPSA) is 40.5 Å². The Morgan fingerprint density at radius 3 is 2.42 bits per heavy atom. The van der Waals surface area contributed by atoms with E-state index in [2.05, 4.69) is 18.4 Å². The van der Waals surface area contributed by atoms with Gasteiger partial charge in [0.15, 0.2) is 0 Å². The fourth-order valence-electron chi connectivity index (χ4n) is 2.85. The van der Waals surface area contributed by atoms with Crippen LogP contribution < -0.4 is 0 Å². The molecule has 19 heavy (non-hydrogen) atoms. The van der Waals surface area contributed by atoms with Crippen LogP contribution in [-0.4, -0.2) is 35.1 Å². The Morgan fingerprint density at radius 1 is 1.37 bits per heavy atom. The van der Waals surface area contributed by atoms with Crippen molar-refractivity contribution in [1.29, 1.82) is 0 Å². The summed E-state index contributed by atoms with van der Waals surface area (Å²) in [7, 11) is 0. The van der Waals surface area contributed by atoms with Crippen molar-refractivity contribution >= 4 is 5.97 Å². The van der Waals surface area contributed by atoms with Crippen LogP contribution in [0.2, 0.25) is 0 Å². The van der Waals surface area contributed by atoms with E-state index in [9.17, 15) is 9.90 Å². The maximum absolute atomic E-state index is 11.8. The number of aliphatic carboxylic acids is 1. The average molecular weight is 259 g/mol. The Bertz CT molecular complexity index is 447. The van der Waals surface area contributed by atoms with E-state index in [0.717, 1.165) is 18.7 Å². The van der Waals surface area contributed by atoms with Crippen LogP contribution in [0.5, 0.6) is 0 Å². The Kier molecular flexibility index (Phi) is 4.05. The van der Waals surface area contributed by atoms with Gasteiger partial charge in [0.1, 0.15) is 0 Å². The van der Waals surface area contributed by atoms with E-state index in [-0.39, 0.29) is 0 Å². The van der Waals surface area contributed by atoms with Crippen molar-refractivity contribution in [3.8, 4) is 0 Å². The molecule has 0 aliphatic carbocycles. The van der Waals surface area contributed by atoms with E-state index in [1.54, 1.807) is 0 Å². The number of carboxylic acid groups (broad SMARTS) is 1. The number of nitrogens with zero attached hydrogens (tertiary/aromatic N) is 1. The van der Waals surface area contributed by atoms with Crippen LogP contribution in [0.1, 0.15) is 25.3 Å². The zero-order valence-electron chi connectivity index (χ0n) is 11.4. The summed E-state index contributed by atoms with van der Waals surface area (Å²) in [6.45, 7) is 7.51. The van der Waals surface area contributed by atoms with E-state index in [1.807, 2.05) is 36.4 Å². The molecule has 0 amide bonds. The quantitative estimate of drug-likeness (QED) is 0.845. The summed E-state index contributed by atoms with van der Waals surface area (Å²) < 4.78 is 0. The molecule has 3 nitrogen and oxygen atoms in total. The maximum atomic E-state index is 11.8. The second kappa shape index (κ2) is 5.57. The number of likely N-dealkylation sites (tertiary alicyclic amines) is 1. The minimum atomic E-state index is -0.724. The van der Waals surface area contributed by atoms with E-state index in [1.165, 1.54) is 0 Å². The first-order chi connectivity index (χ1) is 9.10. The van der Waals surface area contributed by atoms with E-state index >= 15 is 0 Å². The van der Waals surface area contributed by atoms with Crippen molar-refractivity contribution in [2.24, 2.45) is 0 Å². The molecular formula is C16H21NO2. The number of carbonyl (C=O) groups is 1. The normalized spacial score (nSPS) is 20.7. The number of rotatable bonds is 4. The highest BCUT2D eigenvalue weighted by atomic mass is 16.4. The van der Waals surface area contributed by atoms with Gasteiger partial charge in [-0.15, -0.1) is 6.58 Å². The number of benzene rings is 1. The highest BCUT2D eigenvalue weighted by Gasteiger charge is 2.43. The van der Waals surface area contributed by atoms with Crippen LogP contribution in [-0.2, 0) is 10.2 Å². The number of hydrogen-bond acceptors (Lipinski definition) is 2. The lowest BCUT2D eigenvalue weighted by molar-refractivity contribution is -0.146. The van der Waals surface area contributed by atoms with Crippen LogP contribution in [0.3, 0.4) is 0 Å². The Hall–Kier alpha value is -1.61. The van der Waals surface area contributed by atoms with Gasteiger partial charge < -0.3 is 5.11 Å². The van der Waals surface area contributed by atoms with Crippen LogP contribution in [0, 0.1) is 0 Å². The SMILES string of the molecule is C=CC(C)N1CCC(C(=O)O)(c2ccccc2)CC1. The van der Waals surface area contributed by atoms with Crippen LogP contribution in [0.15, 0.2) is 43.0 Å². The monoisotopic (exact) mass is 259 g/mol. The molecule has 0 aromatic heterocycles. The maximum Gasteiger partial charge on any atom is 0.314 e. The molecule has 0 radical (unpaired) electrons. The third-order valence-electron chi connectivity index (χ3n) is 4.30. The summed E-state index contributed by atoms with van der Waals surface area (Å²) in [4.78, 5) is 14.1. The lowest BCUT2D eigenvalue weighted by atomic mass is 9.72. The predicted octanol–water partition coefficient (Wildman–Crippen LogP) is 2.68. The van der Waals surface area contributed by atoms with Crippen molar-refractivity contribution < 1.29 is 9.90 Å². The lowest BCUT2D eigenvalue weighted by Crippen LogP contribution is -2.49. The fraction of sp³-hybridized carbons (Fsp3) is 0.438. The molecule has 0 spiro atoms. The van der Waals surface area contributed by atoms with Crippen LogP contribution >= 0.6 is 0 Å². The molecule has 1 aliphatic rings. The molecule has 1 fully saturated rings. The Morgan fingerprint density at radius 2 is 1.95 bits per heavy atom. The standard InChI is InChI=1S/C16H21NO2/c1-3-13(2)17-11-9-16(10-12-17,15(18)19)14-7-5-4-6-8-14/h3-8,13H,1,9-12H2,2H3,(H,18,19). The lowest BCUT2D eigenvalue weighted by Gasteiger charge is -2.41. The molecule has 1 unspecified atom stereocenters. The van der Waals surface area contributed by atoms with Gasteiger partial charge in [0, 0.05) is 19.1 Å². The zero-order chi connectivity index (χ0) is 13.9. The van der Waals surface area contributed by atoms with Crippen molar-refractivity contribution in [1.82, 2.24) is 4.90 Å². The van der Waals surface area contributed by atoms with Gasteiger partial charge in [0.25, 0.3) is 0 Å². The van der Waals surface area contributed by atoms with Crippen LogP contribution in [0.25, 0.3) is 0 Å². The first-order valence-corrected chi connectivity index (χ1v) is 6.76. The summed E-state index contributed by atoms with van der Waals surface area (Å²) in [6.07, 6.45) is 3.23. The molecule has 3 heteroatoms. The minimum Gasteiger partial charge on any atom is -0.481 e. The first kappa shape index (κ1) is 13.8. The molecule has 1 atom stereocenters. The smallest absolute Gasteiger partial charge is 0.314 e. The van der Waals surface area contributed by atoms with Gasteiger partial charge in [0.05, 0.1) is 5.41 Å². The van der Waals surface area contributed by atoms with Crippen LogP contribution in [0.4, 0.5) is 0 Å². The third-order valence-corrected chi connectivity index (χ3v) is 4.30. The van der Waals surface area contributed by atoms with Crippen molar-refractivity contribution in [2.75, 3.05) is 13.1 Å². The molecule has 1 aliphatic heterocycles. The molecule has 1 N–H and O–H groups in total. The molecule has 1 heterocycles. The number of piperidine rings is 1. The van der Waals surface area contributed by atoms with Gasteiger partial charge in [-0.1, -0.05) is 36.4 Å². The molecule has 1 aromatic carbocycles. The zero-order valence-corrected chi connectivity index (χ0v) is 11.4. The molecule has 102 valence electrons. The van der Waals surface area contributed by atoms with E-state index in [0.29, 0.717) is 18.9 Å². The van der Waals surface area contributed by atoms with Crippen molar-refractivity contribution in [2.45, 2.75) is 31.2 Å². The largest absolute Gasteiger partial charge is 0.481 e. The van der Waals surface area contributed by atoms with Gasteiger partial charge in [-0.05, 0) is 25.3 Å². The molecule has 1 aromatic rings. The second-order valence-corrected chi connectivity index (χ2v) is 5.27. The summed E-state index contributed by atoms with van der Waals surface area (Å²) in [5, 5.41) is 9.69.